The van der Waals surface area contributed by atoms with Gasteiger partial charge in [-0.3, -0.25) is 0 Å². The zero-order valence-electron chi connectivity index (χ0n) is 24.7. The summed E-state index contributed by atoms with van der Waals surface area (Å²) in [5.74, 6) is 0. The molecule has 6 aromatic carbocycles. The van der Waals surface area contributed by atoms with E-state index in [9.17, 15) is 0 Å². The normalized spacial score (nSPS) is 13.9. The fourth-order valence-corrected chi connectivity index (χ4v) is 7.55. The minimum Gasteiger partial charge on any atom is -0.0619 e. The van der Waals surface area contributed by atoms with E-state index in [0.29, 0.717) is 0 Å². The van der Waals surface area contributed by atoms with Gasteiger partial charge in [-0.15, -0.1) is 0 Å². The van der Waals surface area contributed by atoms with Crippen molar-refractivity contribution in [3.05, 3.63) is 167 Å². The monoisotopic (exact) mass is 538 g/mol. The van der Waals surface area contributed by atoms with Gasteiger partial charge in [-0.2, -0.15) is 0 Å². The highest BCUT2D eigenvalue weighted by Gasteiger charge is 2.52. The molecule has 0 heteroatoms. The number of rotatable bonds is 2. The molecule has 0 N–H and O–H groups in total. The minimum atomic E-state index is -0.311. The van der Waals surface area contributed by atoms with E-state index in [4.69, 9.17) is 0 Å². The lowest BCUT2D eigenvalue weighted by Crippen LogP contribution is -2.25. The first-order valence-corrected chi connectivity index (χ1v) is 15.0. The average molecular weight is 539 g/mol. The van der Waals surface area contributed by atoms with E-state index in [1.165, 1.54) is 77.9 Å². The summed E-state index contributed by atoms with van der Waals surface area (Å²) in [6.45, 7) is 9.02. The Morgan fingerprint density at radius 3 is 1.57 bits per heavy atom. The van der Waals surface area contributed by atoms with E-state index in [0.717, 1.165) is 0 Å². The van der Waals surface area contributed by atoms with Crippen molar-refractivity contribution in [1.82, 2.24) is 0 Å². The molecule has 0 atom stereocenters. The molecule has 8 rings (SSSR count). The zero-order valence-corrected chi connectivity index (χ0v) is 24.7. The van der Waals surface area contributed by atoms with Crippen molar-refractivity contribution < 1.29 is 0 Å². The lowest BCUT2D eigenvalue weighted by atomic mass is 9.70. The highest BCUT2D eigenvalue weighted by molar-refractivity contribution is 6.00. The average Bonchev–Trinajstić information content (AvgIpc) is 3.48. The fraction of sp³-hybridized carbons (Fsp3) is 0.143. The summed E-state index contributed by atoms with van der Waals surface area (Å²) in [7, 11) is 0. The predicted octanol–water partition coefficient (Wildman–Crippen LogP) is 11.0. The summed E-state index contributed by atoms with van der Waals surface area (Å²) in [6, 6.07) is 50.3. The van der Waals surface area contributed by atoms with Crippen LogP contribution in [-0.2, 0) is 10.8 Å². The van der Waals surface area contributed by atoms with Crippen LogP contribution in [0.3, 0.4) is 0 Å². The third-order valence-corrected chi connectivity index (χ3v) is 9.55. The highest BCUT2D eigenvalue weighted by Crippen LogP contribution is 2.64. The molecule has 0 aromatic heterocycles. The van der Waals surface area contributed by atoms with Crippen LogP contribution in [0, 0.1) is 6.92 Å². The lowest BCUT2D eigenvalue weighted by Gasteiger charge is -2.30. The predicted molar refractivity (Wildman–Crippen MR) is 177 cm³/mol. The smallest absolute Gasteiger partial charge is 0.0619 e. The molecule has 0 amide bonds. The number of hydrogen-bond acceptors (Lipinski definition) is 0. The van der Waals surface area contributed by atoms with Crippen molar-refractivity contribution in [3.63, 3.8) is 0 Å². The summed E-state index contributed by atoms with van der Waals surface area (Å²) < 4.78 is 0. The molecule has 0 saturated heterocycles. The molecule has 0 radical (unpaired) electrons. The third-order valence-electron chi connectivity index (χ3n) is 9.55. The Morgan fingerprint density at radius 2 is 0.952 bits per heavy atom. The van der Waals surface area contributed by atoms with Crippen LogP contribution < -0.4 is 0 Å². The molecular formula is C42H34. The first-order valence-electron chi connectivity index (χ1n) is 15.0. The molecule has 0 heterocycles. The van der Waals surface area contributed by atoms with Gasteiger partial charge in [-0.1, -0.05) is 160 Å². The topological polar surface area (TPSA) is 0 Å². The highest BCUT2D eigenvalue weighted by atomic mass is 14.5. The molecule has 0 unspecified atom stereocenters. The lowest BCUT2D eigenvalue weighted by molar-refractivity contribution is 0.590. The van der Waals surface area contributed by atoms with Crippen LogP contribution in [0.15, 0.2) is 133 Å². The number of aryl methyl sites for hydroxylation is 1. The van der Waals surface area contributed by atoms with Crippen molar-refractivity contribution in [2.24, 2.45) is 0 Å². The van der Waals surface area contributed by atoms with Crippen molar-refractivity contribution >= 4 is 0 Å². The van der Waals surface area contributed by atoms with E-state index in [1.807, 2.05) is 0 Å². The molecule has 2 aliphatic carbocycles. The maximum atomic E-state index is 2.43. The Balaban J connectivity index is 1.32. The number of fused-ring (bicyclic) bond motifs is 10. The Morgan fingerprint density at radius 1 is 0.429 bits per heavy atom. The molecule has 1 spiro atoms. The second-order valence-electron chi connectivity index (χ2n) is 13.0. The van der Waals surface area contributed by atoms with Crippen LogP contribution in [0.4, 0.5) is 0 Å². The van der Waals surface area contributed by atoms with Crippen molar-refractivity contribution in [2.75, 3.05) is 0 Å². The second-order valence-corrected chi connectivity index (χ2v) is 13.0. The van der Waals surface area contributed by atoms with Crippen LogP contribution in [0.1, 0.15) is 54.2 Å². The van der Waals surface area contributed by atoms with Gasteiger partial charge in [0.25, 0.3) is 0 Å². The first kappa shape index (κ1) is 25.1. The molecule has 2 aliphatic rings. The van der Waals surface area contributed by atoms with Gasteiger partial charge in [0.15, 0.2) is 0 Å². The minimum absolute atomic E-state index is 0.155. The second kappa shape index (κ2) is 8.91. The van der Waals surface area contributed by atoms with Crippen LogP contribution >= 0.6 is 0 Å². The largest absolute Gasteiger partial charge is 0.0725 e. The van der Waals surface area contributed by atoms with Crippen LogP contribution in [0.5, 0.6) is 0 Å². The maximum Gasteiger partial charge on any atom is 0.0725 e. The van der Waals surface area contributed by atoms with Gasteiger partial charge in [0.05, 0.1) is 5.41 Å². The van der Waals surface area contributed by atoms with E-state index >= 15 is 0 Å². The van der Waals surface area contributed by atoms with Gasteiger partial charge < -0.3 is 0 Å². The summed E-state index contributed by atoms with van der Waals surface area (Å²) in [5.41, 5.74) is 18.5. The van der Waals surface area contributed by atoms with Gasteiger partial charge in [0.2, 0.25) is 0 Å². The van der Waals surface area contributed by atoms with Crippen molar-refractivity contribution in [3.8, 4) is 44.5 Å². The van der Waals surface area contributed by atoms with E-state index in [2.05, 4.69) is 161 Å². The van der Waals surface area contributed by atoms with E-state index in [-0.39, 0.29) is 10.8 Å². The molecule has 0 fully saturated rings. The molecular weight excluding hydrogens is 504 g/mol. The van der Waals surface area contributed by atoms with Gasteiger partial charge >= 0.3 is 0 Å². The van der Waals surface area contributed by atoms with Gasteiger partial charge in [0.1, 0.15) is 0 Å². The van der Waals surface area contributed by atoms with E-state index in [1.54, 1.807) is 0 Å². The fourth-order valence-electron chi connectivity index (χ4n) is 7.55. The molecule has 42 heavy (non-hydrogen) atoms. The molecule has 6 aromatic rings. The summed E-state index contributed by atoms with van der Waals surface area (Å²) in [5, 5.41) is 0. The quantitative estimate of drug-likeness (QED) is 0.205. The third kappa shape index (κ3) is 3.42. The van der Waals surface area contributed by atoms with Gasteiger partial charge in [-0.05, 0) is 84.7 Å². The molecule has 202 valence electrons. The van der Waals surface area contributed by atoms with Gasteiger partial charge in [0, 0.05) is 0 Å². The number of hydrogen-bond donors (Lipinski definition) is 0. The standard InChI is InChI=1S/C42H34/c1-27-16-25-35-39(26-27)42(36-13-7-5-10-33(36)34-11-6-8-14-37(34)42)38-15-9-12-32(40(35)38)30-19-17-28(18-20-30)29-21-23-31(24-22-29)41(2,3)4/h5-26H,1-4H3. The van der Waals surface area contributed by atoms with Gasteiger partial charge in [-0.25, -0.2) is 0 Å². The van der Waals surface area contributed by atoms with E-state index < -0.39 is 0 Å². The number of benzene rings is 6. The zero-order chi connectivity index (χ0) is 28.6. The molecule has 0 bridgehead atoms. The Labute approximate surface area is 249 Å². The Kier molecular flexibility index (Phi) is 5.32. The molecule has 0 aliphatic heterocycles. The van der Waals surface area contributed by atoms with Crippen molar-refractivity contribution in [1.29, 1.82) is 0 Å². The Hall–Kier alpha value is -4.68. The van der Waals surface area contributed by atoms with Crippen LogP contribution in [-0.4, -0.2) is 0 Å². The van der Waals surface area contributed by atoms with Crippen molar-refractivity contribution in [2.45, 2.75) is 38.5 Å². The summed E-state index contributed by atoms with van der Waals surface area (Å²) >= 11 is 0. The summed E-state index contributed by atoms with van der Waals surface area (Å²) in [6.07, 6.45) is 0. The maximum absolute atomic E-state index is 2.43. The van der Waals surface area contributed by atoms with Crippen LogP contribution in [0.25, 0.3) is 44.5 Å². The first-order chi connectivity index (χ1) is 20.4. The SMILES string of the molecule is Cc1ccc2c(c1)C1(c3ccccc3-c3ccccc31)c1cccc(-c3ccc(-c4ccc(C(C)(C)C)cc4)cc3)c1-2. The van der Waals surface area contributed by atoms with Crippen LogP contribution in [0.2, 0.25) is 0 Å². The molecule has 0 saturated carbocycles. The Bertz CT molecular complexity index is 1950. The molecule has 0 nitrogen and oxygen atoms in total. The summed E-state index contributed by atoms with van der Waals surface area (Å²) in [4.78, 5) is 0.